The lowest BCUT2D eigenvalue weighted by atomic mass is 9.82. The van der Waals surface area contributed by atoms with Gasteiger partial charge in [-0.25, -0.2) is 4.39 Å². The van der Waals surface area contributed by atoms with Gasteiger partial charge in [0, 0.05) is 26.2 Å². The van der Waals surface area contributed by atoms with Crippen LogP contribution < -0.4 is 4.90 Å². The van der Waals surface area contributed by atoms with Gasteiger partial charge in [0.15, 0.2) is 0 Å². The summed E-state index contributed by atoms with van der Waals surface area (Å²) in [6.45, 7) is 2.41. The highest BCUT2D eigenvalue weighted by Gasteiger charge is 2.32. The van der Waals surface area contributed by atoms with Crippen LogP contribution in [-0.4, -0.2) is 37.0 Å². The Labute approximate surface area is 158 Å². The molecule has 1 heterocycles. The lowest BCUT2D eigenvalue weighted by molar-refractivity contribution is -0.133. The number of rotatable bonds is 2. The molecule has 0 N–H and O–H groups in total. The predicted molar refractivity (Wildman–Crippen MR) is 102 cm³/mol. The van der Waals surface area contributed by atoms with Crippen molar-refractivity contribution in [2.75, 3.05) is 31.1 Å². The number of hydrogen-bond acceptors (Lipinski definition) is 3. The Hall–Kier alpha value is -2.87. The van der Waals surface area contributed by atoms with Crippen LogP contribution >= 0.6 is 0 Å². The number of benzene rings is 2. The summed E-state index contributed by atoms with van der Waals surface area (Å²) in [5, 5.41) is 9.25. The highest BCUT2D eigenvalue weighted by atomic mass is 19.1. The van der Waals surface area contributed by atoms with Crippen LogP contribution in [0.5, 0.6) is 0 Å². The molecule has 2 aliphatic rings. The van der Waals surface area contributed by atoms with Gasteiger partial charge in [-0.1, -0.05) is 30.3 Å². The van der Waals surface area contributed by atoms with Gasteiger partial charge in [0.05, 0.1) is 11.6 Å². The Bertz CT molecular complexity index is 897. The molecular formula is C22H22FN3O. The maximum Gasteiger partial charge on any atom is 0.230 e. The number of halogens is 1. The van der Waals surface area contributed by atoms with Crippen molar-refractivity contribution in [2.45, 2.75) is 25.2 Å². The van der Waals surface area contributed by atoms with Crippen LogP contribution in [0, 0.1) is 17.1 Å². The van der Waals surface area contributed by atoms with E-state index in [1.54, 1.807) is 12.1 Å². The van der Waals surface area contributed by atoms with Gasteiger partial charge in [0.2, 0.25) is 5.91 Å². The minimum Gasteiger partial charge on any atom is -0.367 e. The van der Waals surface area contributed by atoms with Crippen molar-refractivity contribution >= 4 is 11.6 Å². The molecule has 0 radical (unpaired) electrons. The van der Waals surface area contributed by atoms with E-state index in [-0.39, 0.29) is 17.4 Å². The lowest BCUT2D eigenvalue weighted by Gasteiger charge is -2.38. The highest BCUT2D eigenvalue weighted by molar-refractivity contribution is 5.84. The summed E-state index contributed by atoms with van der Waals surface area (Å²) in [5.41, 5.74) is 3.17. The summed E-state index contributed by atoms with van der Waals surface area (Å²) in [5.74, 6) is -0.348. The molecule has 2 aromatic carbocycles. The van der Waals surface area contributed by atoms with Crippen molar-refractivity contribution in [2.24, 2.45) is 0 Å². The van der Waals surface area contributed by atoms with Crippen LogP contribution in [0.3, 0.4) is 0 Å². The number of hydrogen-bond donors (Lipinski definition) is 0. The zero-order valence-corrected chi connectivity index (χ0v) is 15.2. The second-order valence-electron chi connectivity index (χ2n) is 7.20. The van der Waals surface area contributed by atoms with Crippen molar-refractivity contribution in [1.29, 1.82) is 5.26 Å². The first-order valence-corrected chi connectivity index (χ1v) is 9.49. The summed E-state index contributed by atoms with van der Waals surface area (Å²) in [7, 11) is 0. The number of carbonyl (C=O) groups is 1. The number of nitriles is 1. The van der Waals surface area contributed by atoms with Gasteiger partial charge in [-0.15, -0.1) is 0 Å². The second-order valence-corrected chi connectivity index (χ2v) is 7.20. The van der Waals surface area contributed by atoms with E-state index in [0.717, 1.165) is 19.3 Å². The van der Waals surface area contributed by atoms with E-state index >= 15 is 0 Å². The van der Waals surface area contributed by atoms with Crippen molar-refractivity contribution in [3.05, 3.63) is 65.0 Å². The van der Waals surface area contributed by atoms with Gasteiger partial charge in [-0.05, 0) is 42.5 Å². The molecule has 138 valence electrons. The van der Waals surface area contributed by atoms with E-state index in [2.05, 4.69) is 12.1 Å². The molecule has 0 aromatic heterocycles. The second kappa shape index (κ2) is 7.40. The van der Waals surface area contributed by atoms with Crippen molar-refractivity contribution in [1.82, 2.24) is 4.90 Å². The van der Waals surface area contributed by atoms with E-state index in [0.29, 0.717) is 31.9 Å². The number of fused-ring (bicyclic) bond motifs is 1. The molecule has 0 saturated carbocycles. The number of piperazine rings is 1. The largest absolute Gasteiger partial charge is 0.367 e. The van der Waals surface area contributed by atoms with Gasteiger partial charge in [0.1, 0.15) is 17.4 Å². The molecule has 1 fully saturated rings. The smallest absolute Gasteiger partial charge is 0.230 e. The molecule has 1 atom stereocenters. The zero-order chi connectivity index (χ0) is 18.8. The molecule has 0 spiro atoms. The Morgan fingerprint density at radius 3 is 2.63 bits per heavy atom. The average molecular weight is 363 g/mol. The van der Waals surface area contributed by atoms with E-state index in [1.165, 1.54) is 17.2 Å². The molecule has 27 heavy (non-hydrogen) atoms. The first-order valence-electron chi connectivity index (χ1n) is 9.49. The fourth-order valence-corrected chi connectivity index (χ4v) is 4.29. The van der Waals surface area contributed by atoms with Crippen molar-refractivity contribution < 1.29 is 9.18 Å². The fourth-order valence-electron chi connectivity index (χ4n) is 4.29. The minimum absolute atomic E-state index is 0.0506. The third-order valence-corrected chi connectivity index (χ3v) is 5.70. The van der Waals surface area contributed by atoms with Crippen molar-refractivity contribution in [3.63, 3.8) is 0 Å². The monoisotopic (exact) mass is 363 g/mol. The number of carbonyl (C=O) groups excluding carboxylic acids is 1. The third kappa shape index (κ3) is 3.28. The van der Waals surface area contributed by atoms with Gasteiger partial charge < -0.3 is 9.80 Å². The quantitative estimate of drug-likeness (QED) is 0.821. The molecule has 2 aromatic rings. The number of anilines is 1. The van der Waals surface area contributed by atoms with E-state index in [1.807, 2.05) is 28.0 Å². The first kappa shape index (κ1) is 17.5. The average Bonchev–Trinajstić information content (AvgIpc) is 2.73. The van der Waals surface area contributed by atoms with Gasteiger partial charge in [-0.3, -0.25) is 4.79 Å². The molecule has 5 heteroatoms. The molecule has 1 aliphatic carbocycles. The normalized spacial score (nSPS) is 19.3. The zero-order valence-electron chi connectivity index (χ0n) is 15.2. The summed E-state index contributed by atoms with van der Waals surface area (Å²) in [6.07, 6.45) is 2.99. The molecule has 0 bridgehead atoms. The van der Waals surface area contributed by atoms with Crippen LogP contribution in [0.25, 0.3) is 0 Å². The SMILES string of the molecule is N#Cc1c(F)cccc1N1CCN(C(=O)C2CCCc3ccccc32)CC1. The van der Waals surface area contributed by atoms with Crippen LogP contribution in [0.2, 0.25) is 0 Å². The summed E-state index contributed by atoms with van der Waals surface area (Å²) < 4.78 is 13.9. The van der Waals surface area contributed by atoms with E-state index in [9.17, 15) is 14.4 Å². The summed E-state index contributed by atoms with van der Waals surface area (Å²) >= 11 is 0. The summed E-state index contributed by atoms with van der Waals surface area (Å²) in [4.78, 5) is 17.1. The van der Waals surface area contributed by atoms with Crippen LogP contribution in [0.1, 0.15) is 35.4 Å². The maximum absolute atomic E-state index is 13.9. The first-order chi connectivity index (χ1) is 13.2. The van der Waals surface area contributed by atoms with Gasteiger partial charge >= 0.3 is 0 Å². The molecule has 1 amide bonds. The Morgan fingerprint density at radius 2 is 1.85 bits per heavy atom. The highest BCUT2D eigenvalue weighted by Crippen LogP contribution is 2.33. The van der Waals surface area contributed by atoms with Crippen LogP contribution in [0.4, 0.5) is 10.1 Å². The lowest BCUT2D eigenvalue weighted by Crippen LogP contribution is -2.50. The van der Waals surface area contributed by atoms with Crippen LogP contribution in [-0.2, 0) is 11.2 Å². The van der Waals surface area contributed by atoms with Gasteiger partial charge in [-0.2, -0.15) is 5.26 Å². The molecule has 1 unspecified atom stereocenters. The topological polar surface area (TPSA) is 47.3 Å². The molecule has 4 rings (SSSR count). The van der Waals surface area contributed by atoms with E-state index in [4.69, 9.17) is 0 Å². The van der Waals surface area contributed by atoms with E-state index < -0.39 is 5.82 Å². The van der Waals surface area contributed by atoms with Gasteiger partial charge in [0.25, 0.3) is 0 Å². The molecule has 1 saturated heterocycles. The van der Waals surface area contributed by atoms with Crippen LogP contribution in [0.15, 0.2) is 42.5 Å². The predicted octanol–water partition coefficient (Wildman–Crippen LogP) is 3.47. The third-order valence-electron chi connectivity index (χ3n) is 5.70. The molecule has 4 nitrogen and oxygen atoms in total. The number of aryl methyl sites for hydroxylation is 1. The Balaban J connectivity index is 1.47. The molecular weight excluding hydrogens is 341 g/mol. The maximum atomic E-state index is 13.9. The standard InChI is InChI=1S/C22H22FN3O/c23-20-9-4-10-21(19(20)15-24)25-11-13-26(14-12-25)22(27)18-8-3-6-16-5-1-2-7-17(16)18/h1-2,4-5,7,9-10,18H,3,6,8,11-14H2. The minimum atomic E-state index is -0.493. The fraction of sp³-hybridized carbons (Fsp3) is 0.364. The van der Waals surface area contributed by atoms with Crippen molar-refractivity contribution in [3.8, 4) is 6.07 Å². The number of nitrogens with zero attached hydrogens (tertiary/aromatic N) is 3. The molecule has 1 aliphatic heterocycles. The number of amides is 1. The Kier molecular flexibility index (Phi) is 4.81. The summed E-state index contributed by atoms with van der Waals surface area (Å²) in [6, 6.07) is 14.9. The Morgan fingerprint density at radius 1 is 1.07 bits per heavy atom.